The summed E-state index contributed by atoms with van der Waals surface area (Å²) in [6.07, 6.45) is 0. The van der Waals surface area contributed by atoms with Gasteiger partial charge in [0.25, 0.3) is 6.71 Å². The second kappa shape index (κ2) is 15.5. The second-order valence-corrected chi connectivity index (χ2v) is 23.5. The molecule has 2 aliphatic rings. The monoisotopic (exact) mass is 1060 g/mol. The van der Waals surface area contributed by atoms with Crippen LogP contribution < -0.4 is 16.4 Å². The molecule has 21 rings (SSSR count). The molecular weight excluding hydrogens is 1020 g/mol. The lowest BCUT2D eigenvalue weighted by Gasteiger charge is -2.34. The first-order valence-corrected chi connectivity index (χ1v) is 29.3. The van der Waals surface area contributed by atoms with Crippen molar-refractivity contribution in [2.75, 3.05) is 0 Å². The van der Waals surface area contributed by atoms with Crippen LogP contribution in [0.15, 0.2) is 267 Å². The molecular formula is C78H44BN5. The molecule has 0 aliphatic carbocycles. The number of para-hydroxylation sites is 6. The van der Waals surface area contributed by atoms with Crippen LogP contribution in [-0.2, 0) is 0 Å². The summed E-state index contributed by atoms with van der Waals surface area (Å²) in [5.41, 5.74) is 22.0. The molecule has 0 amide bonds. The van der Waals surface area contributed by atoms with Gasteiger partial charge in [0.05, 0.1) is 44.1 Å². The Morgan fingerprint density at radius 1 is 0.202 bits per heavy atom. The minimum absolute atomic E-state index is 0.142. The Morgan fingerprint density at radius 2 is 0.548 bits per heavy atom. The molecule has 2 aliphatic heterocycles. The van der Waals surface area contributed by atoms with Gasteiger partial charge in [-0.3, -0.25) is 0 Å². The maximum Gasteiger partial charge on any atom is 0.252 e. The van der Waals surface area contributed by atoms with Crippen LogP contribution >= 0.6 is 0 Å². The van der Waals surface area contributed by atoms with Crippen molar-refractivity contribution in [3.63, 3.8) is 0 Å². The van der Waals surface area contributed by atoms with Crippen molar-refractivity contribution in [1.29, 1.82) is 0 Å². The Labute approximate surface area is 479 Å². The third-order valence-electron chi connectivity index (χ3n) is 19.6. The molecule has 0 saturated carbocycles. The summed E-state index contributed by atoms with van der Waals surface area (Å²) in [5, 5.41) is 20.2. The summed E-state index contributed by atoms with van der Waals surface area (Å²) in [6, 6.07) is 101. The van der Waals surface area contributed by atoms with E-state index >= 15 is 0 Å². The molecule has 0 N–H and O–H groups in total. The molecule has 384 valence electrons. The number of rotatable bonds is 3. The van der Waals surface area contributed by atoms with Crippen LogP contribution in [0.2, 0.25) is 0 Å². The van der Waals surface area contributed by atoms with Crippen LogP contribution in [0.1, 0.15) is 0 Å². The Hall–Kier alpha value is -11.1. The highest BCUT2D eigenvalue weighted by Gasteiger charge is 2.42. The van der Waals surface area contributed by atoms with Crippen LogP contribution in [0.5, 0.6) is 0 Å². The summed E-state index contributed by atoms with van der Waals surface area (Å²) >= 11 is 0. The molecule has 5 aromatic heterocycles. The molecule has 0 saturated heterocycles. The third kappa shape index (κ3) is 5.25. The molecule has 0 radical (unpaired) electrons. The molecule has 84 heavy (non-hydrogen) atoms. The van der Waals surface area contributed by atoms with E-state index in [1.165, 1.54) is 169 Å². The highest BCUT2D eigenvalue weighted by atomic mass is 15.1. The van der Waals surface area contributed by atoms with Crippen molar-refractivity contribution in [3.8, 4) is 28.4 Å². The molecule has 0 fully saturated rings. The van der Waals surface area contributed by atoms with Crippen LogP contribution in [0.25, 0.3) is 170 Å². The maximum absolute atomic E-state index is 2.65. The molecule has 6 heteroatoms. The highest BCUT2D eigenvalue weighted by Crippen LogP contribution is 2.47. The van der Waals surface area contributed by atoms with E-state index in [2.05, 4.69) is 290 Å². The van der Waals surface area contributed by atoms with Gasteiger partial charge in [-0.1, -0.05) is 170 Å². The van der Waals surface area contributed by atoms with Crippen molar-refractivity contribution in [2.24, 2.45) is 0 Å². The lowest BCUT2D eigenvalue weighted by atomic mass is 9.34. The van der Waals surface area contributed by atoms with E-state index in [0.717, 1.165) is 17.1 Å². The maximum atomic E-state index is 2.65. The lowest BCUT2D eigenvalue weighted by molar-refractivity contribution is 1.13. The number of hydrogen-bond acceptors (Lipinski definition) is 0. The summed E-state index contributed by atoms with van der Waals surface area (Å²) < 4.78 is 12.8. The molecule has 5 nitrogen and oxygen atoms in total. The Morgan fingerprint density at radius 3 is 1.04 bits per heavy atom. The van der Waals surface area contributed by atoms with E-state index in [-0.39, 0.29) is 6.71 Å². The van der Waals surface area contributed by atoms with Gasteiger partial charge in [0.1, 0.15) is 0 Å². The normalized spacial score (nSPS) is 13.0. The SMILES string of the molecule is c1cc2c3c(c1)-n1c4ccc5c6ccccc6c6ccccc6c5c4c4cc(-n5c6ccccc6c6ccccc65)cc(c41)B3c1cc(-n3c4ccccc4c4ccccc43)cc3c4cc(-n5c6ccccc6c6ccccc65)ccc4n-2c13. The highest BCUT2D eigenvalue weighted by molar-refractivity contribution is 7.00. The smallest absolute Gasteiger partial charge is 0.252 e. The van der Waals surface area contributed by atoms with E-state index in [0.29, 0.717) is 0 Å². The predicted octanol–water partition coefficient (Wildman–Crippen LogP) is 17.8. The van der Waals surface area contributed by atoms with Gasteiger partial charge in [0.2, 0.25) is 0 Å². The molecule has 0 atom stereocenters. The number of benzene rings is 14. The zero-order chi connectivity index (χ0) is 54.2. The summed E-state index contributed by atoms with van der Waals surface area (Å²) in [4.78, 5) is 0. The molecule has 19 aromatic rings. The van der Waals surface area contributed by atoms with E-state index in [4.69, 9.17) is 0 Å². The van der Waals surface area contributed by atoms with Gasteiger partial charge >= 0.3 is 0 Å². The third-order valence-corrected chi connectivity index (χ3v) is 19.6. The Balaban J connectivity index is 0.957. The number of hydrogen-bond donors (Lipinski definition) is 0. The second-order valence-electron chi connectivity index (χ2n) is 23.5. The predicted molar refractivity (Wildman–Crippen MR) is 355 cm³/mol. The van der Waals surface area contributed by atoms with Crippen LogP contribution in [-0.4, -0.2) is 29.5 Å². The topological polar surface area (TPSA) is 24.6 Å². The minimum Gasteiger partial charge on any atom is -0.310 e. The van der Waals surface area contributed by atoms with Gasteiger partial charge in [-0.2, -0.15) is 0 Å². The van der Waals surface area contributed by atoms with Crippen molar-refractivity contribution in [2.45, 2.75) is 0 Å². The lowest BCUT2D eigenvalue weighted by Crippen LogP contribution is -2.59. The number of fused-ring (bicyclic) bond motifs is 26. The first-order chi connectivity index (χ1) is 41.7. The molecule has 7 heterocycles. The van der Waals surface area contributed by atoms with Gasteiger partial charge in [0.15, 0.2) is 0 Å². The van der Waals surface area contributed by atoms with Gasteiger partial charge in [-0.25, -0.2) is 0 Å². The van der Waals surface area contributed by atoms with Crippen molar-refractivity contribution < 1.29 is 0 Å². The number of nitrogens with zero attached hydrogens (tertiary/aromatic N) is 5. The summed E-state index contributed by atoms with van der Waals surface area (Å²) in [6.45, 7) is -0.142. The van der Waals surface area contributed by atoms with Crippen LogP contribution in [0.3, 0.4) is 0 Å². The molecule has 0 unspecified atom stereocenters. The van der Waals surface area contributed by atoms with Gasteiger partial charge in [-0.15, -0.1) is 0 Å². The van der Waals surface area contributed by atoms with Gasteiger partial charge in [0, 0.05) is 98.7 Å². The first kappa shape index (κ1) is 43.7. The molecule has 0 bridgehead atoms. The quantitative estimate of drug-likeness (QED) is 0.124. The Bertz CT molecular complexity index is 6060. The largest absolute Gasteiger partial charge is 0.310 e. The fourth-order valence-electron chi connectivity index (χ4n) is 16.4. The van der Waals surface area contributed by atoms with Crippen LogP contribution in [0.4, 0.5) is 0 Å². The first-order valence-electron chi connectivity index (χ1n) is 29.3. The Kier molecular flexibility index (Phi) is 8.05. The van der Waals surface area contributed by atoms with Crippen molar-refractivity contribution in [1.82, 2.24) is 22.8 Å². The van der Waals surface area contributed by atoms with Crippen molar-refractivity contribution >= 4 is 164 Å². The average molecular weight is 1060 g/mol. The van der Waals surface area contributed by atoms with E-state index in [1.807, 2.05) is 0 Å². The zero-order valence-corrected chi connectivity index (χ0v) is 45.2. The van der Waals surface area contributed by atoms with E-state index in [9.17, 15) is 0 Å². The van der Waals surface area contributed by atoms with Gasteiger partial charge in [-0.05, 0) is 140 Å². The fourth-order valence-corrected chi connectivity index (χ4v) is 16.4. The van der Waals surface area contributed by atoms with Crippen LogP contribution in [0, 0.1) is 0 Å². The van der Waals surface area contributed by atoms with E-state index < -0.39 is 0 Å². The zero-order valence-electron chi connectivity index (χ0n) is 45.2. The van der Waals surface area contributed by atoms with Crippen molar-refractivity contribution in [3.05, 3.63) is 267 Å². The minimum atomic E-state index is -0.142. The summed E-state index contributed by atoms with van der Waals surface area (Å²) in [7, 11) is 0. The van der Waals surface area contributed by atoms with Gasteiger partial charge < -0.3 is 22.8 Å². The molecule has 14 aromatic carbocycles. The average Bonchev–Trinajstić information content (AvgIpc) is 1.62. The summed E-state index contributed by atoms with van der Waals surface area (Å²) in [5.74, 6) is 0. The molecule has 0 spiro atoms. The fraction of sp³-hybridized carbons (Fsp3) is 0. The van der Waals surface area contributed by atoms with E-state index in [1.54, 1.807) is 0 Å². The standard InChI is InChI=1S/C78H44BN5/c1-2-20-50-48(18-1)49-19-3-4-27-57(49)74-58(50)37-39-71-75(74)61-42-47(82-68-32-15-9-25-55(68)56-26-10-16-33-69(56)82)44-63-78(61)84(71)73-35-17-34-72-76(73)79(63)62-43-46(81-66-30-13-7-23-53(66)54-24-8-14-31-67(54)81)41-60-59-40-45(36-38-70(59)83(72)77(60)62)80-64-28-11-5-21-51(64)52-22-6-12-29-65(52)80/h1-44H. The number of aromatic nitrogens is 5.